The Morgan fingerprint density at radius 1 is 0.960 bits per heavy atom. The minimum atomic E-state index is -0.653. The molecule has 1 aliphatic carbocycles. The third-order valence-electron chi connectivity index (χ3n) is 6.34. The summed E-state index contributed by atoms with van der Waals surface area (Å²) in [5.74, 6) is 0.00353. The first kappa shape index (κ1) is 19.6. The van der Waals surface area contributed by atoms with Crippen LogP contribution in [0.1, 0.15) is 77.6 Å². The SMILES string of the molecule is CCCCCCCC1(CC[C@H]2C(O)CC3OC(O)C[C@@H]32)OCCCO1. The van der Waals surface area contributed by atoms with Crippen LogP contribution in [0.25, 0.3) is 0 Å². The Morgan fingerprint density at radius 3 is 2.48 bits per heavy atom. The Labute approximate surface area is 152 Å². The van der Waals surface area contributed by atoms with Gasteiger partial charge in [-0.2, -0.15) is 0 Å². The lowest BCUT2D eigenvalue weighted by molar-refractivity contribution is -0.275. The van der Waals surface area contributed by atoms with E-state index in [1.807, 2.05) is 0 Å². The number of rotatable bonds is 9. The van der Waals surface area contributed by atoms with Gasteiger partial charge in [0.15, 0.2) is 12.1 Å². The maximum Gasteiger partial charge on any atom is 0.168 e. The lowest BCUT2D eigenvalue weighted by atomic mass is 9.85. The van der Waals surface area contributed by atoms with Gasteiger partial charge in [-0.05, 0) is 31.1 Å². The molecule has 2 aliphatic heterocycles. The van der Waals surface area contributed by atoms with Crippen LogP contribution in [0, 0.1) is 11.8 Å². The number of hydrogen-bond acceptors (Lipinski definition) is 5. The van der Waals surface area contributed by atoms with Crippen molar-refractivity contribution in [3.63, 3.8) is 0 Å². The first-order chi connectivity index (χ1) is 12.1. The van der Waals surface area contributed by atoms with E-state index >= 15 is 0 Å². The number of aliphatic hydroxyl groups excluding tert-OH is 2. The van der Waals surface area contributed by atoms with Crippen LogP contribution in [0.5, 0.6) is 0 Å². The second-order valence-electron chi connectivity index (χ2n) is 8.16. The lowest BCUT2D eigenvalue weighted by Crippen LogP contribution is -2.41. The number of fused-ring (bicyclic) bond motifs is 1. The van der Waals surface area contributed by atoms with Crippen molar-refractivity contribution in [3.8, 4) is 0 Å². The molecular weight excluding hydrogens is 320 g/mol. The van der Waals surface area contributed by atoms with Gasteiger partial charge in [0.2, 0.25) is 0 Å². The van der Waals surface area contributed by atoms with Crippen molar-refractivity contribution < 1.29 is 24.4 Å². The zero-order valence-corrected chi connectivity index (χ0v) is 15.7. The number of unbranched alkanes of at least 4 members (excludes halogenated alkanes) is 4. The lowest BCUT2D eigenvalue weighted by Gasteiger charge is -2.38. The molecule has 3 rings (SSSR count). The van der Waals surface area contributed by atoms with Gasteiger partial charge < -0.3 is 24.4 Å². The predicted octanol–water partition coefficient (Wildman–Crippen LogP) is 3.36. The van der Waals surface area contributed by atoms with Crippen LogP contribution < -0.4 is 0 Å². The fourth-order valence-electron chi connectivity index (χ4n) is 4.94. The van der Waals surface area contributed by atoms with Crippen molar-refractivity contribution in [2.45, 2.75) is 102 Å². The second-order valence-corrected chi connectivity index (χ2v) is 8.16. The summed E-state index contributed by atoms with van der Waals surface area (Å²) in [5, 5.41) is 20.2. The molecule has 0 spiro atoms. The van der Waals surface area contributed by atoms with Gasteiger partial charge in [-0.3, -0.25) is 0 Å². The molecule has 0 aromatic carbocycles. The summed E-state index contributed by atoms with van der Waals surface area (Å²) in [6.45, 7) is 3.78. The molecule has 5 heteroatoms. The number of aliphatic hydroxyl groups is 2. The van der Waals surface area contributed by atoms with Crippen molar-refractivity contribution in [3.05, 3.63) is 0 Å². The molecule has 25 heavy (non-hydrogen) atoms. The van der Waals surface area contributed by atoms with Gasteiger partial charge >= 0.3 is 0 Å². The summed E-state index contributed by atoms with van der Waals surface area (Å²) in [7, 11) is 0. The fraction of sp³-hybridized carbons (Fsp3) is 1.00. The molecule has 2 saturated heterocycles. The van der Waals surface area contributed by atoms with Gasteiger partial charge in [0.25, 0.3) is 0 Å². The highest BCUT2D eigenvalue weighted by Crippen LogP contribution is 2.46. The summed E-state index contributed by atoms with van der Waals surface area (Å²) in [6.07, 6.45) is 10.2. The third kappa shape index (κ3) is 4.95. The molecule has 5 nitrogen and oxygen atoms in total. The minimum absolute atomic E-state index is 0.0215. The Kier molecular flexibility index (Phi) is 7.15. The molecule has 0 aromatic rings. The van der Waals surface area contributed by atoms with Crippen LogP contribution in [0.4, 0.5) is 0 Å². The van der Waals surface area contributed by atoms with E-state index in [1.165, 1.54) is 25.7 Å². The van der Waals surface area contributed by atoms with Crippen molar-refractivity contribution in [2.24, 2.45) is 11.8 Å². The van der Waals surface area contributed by atoms with Gasteiger partial charge in [-0.1, -0.05) is 32.6 Å². The highest BCUT2D eigenvalue weighted by atomic mass is 16.7. The number of hydrogen-bond donors (Lipinski definition) is 2. The summed E-state index contributed by atoms with van der Waals surface area (Å²) in [6, 6.07) is 0. The molecule has 2 heterocycles. The van der Waals surface area contributed by atoms with Crippen LogP contribution in [-0.4, -0.2) is 47.7 Å². The largest absolute Gasteiger partial charge is 0.393 e. The molecule has 146 valence electrons. The van der Waals surface area contributed by atoms with Crippen LogP contribution in [0.3, 0.4) is 0 Å². The van der Waals surface area contributed by atoms with E-state index in [-0.39, 0.29) is 24.0 Å². The van der Waals surface area contributed by atoms with E-state index < -0.39 is 12.1 Å². The Bertz CT molecular complexity index is 396. The standard InChI is InChI=1S/C20H36O5/c1-2-3-4-5-6-9-20(23-11-7-12-24-20)10-8-15-16-13-19(22)25-18(16)14-17(15)21/h15-19,21-22H,2-14H2,1H3/t15-,16-,17?,18?,19?/m1/s1. The molecule has 0 aromatic heterocycles. The molecular formula is C20H36O5. The summed E-state index contributed by atoms with van der Waals surface area (Å²) in [5.41, 5.74) is 0. The Balaban J connectivity index is 1.51. The highest BCUT2D eigenvalue weighted by molar-refractivity contribution is 4.96. The van der Waals surface area contributed by atoms with Gasteiger partial charge in [-0.25, -0.2) is 0 Å². The quantitative estimate of drug-likeness (QED) is 0.620. The monoisotopic (exact) mass is 356 g/mol. The summed E-state index contributed by atoms with van der Waals surface area (Å²) < 4.78 is 17.8. The van der Waals surface area contributed by atoms with Gasteiger partial charge in [0, 0.05) is 25.7 Å². The van der Waals surface area contributed by atoms with Crippen LogP contribution in [-0.2, 0) is 14.2 Å². The summed E-state index contributed by atoms with van der Waals surface area (Å²) in [4.78, 5) is 0. The average Bonchev–Trinajstić information content (AvgIpc) is 3.09. The fourth-order valence-corrected chi connectivity index (χ4v) is 4.94. The van der Waals surface area contributed by atoms with E-state index in [2.05, 4.69) is 6.92 Å². The number of ether oxygens (including phenoxy) is 3. The zero-order chi connectivity index (χ0) is 17.7. The minimum Gasteiger partial charge on any atom is -0.393 e. The molecule has 3 fully saturated rings. The molecule has 0 amide bonds. The van der Waals surface area contributed by atoms with Crippen molar-refractivity contribution in [1.82, 2.24) is 0 Å². The molecule has 0 bridgehead atoms. The molecule has 0 radical (unpaired) electrons. The maximum atomic E-state index is 10.4. The zero-order valence-electron chi connectivity index (χ0n) is 15.7. The second kappa shape index (κ2) is 9.14. The van der Waals surface area contributed by atoms with Crippen LogP contribution in [0.2, 0.25) is 0 Å². The van der Waals surface area contributed by atoms with E-state index in [0.717, 1.165) is 45.3 Å². The van der Waals surface area contributed by atoms with E-state index in [0.29, 0.717) is 12.8 Å². The average molecular weight is 357 g/mol. The predicted molar refractivity (Wildman–Crippen MR) is 95.0 cm³/mol. The molecule has 3 unspecified atom stereocenters. The van der Waals surface area contributed by atoms with E-state index in [1.54, 1.807) is 0 Å². The van der Waals surface area contributed by atoms with Gasteiger partial charge in [0.1, 0.15) is 0 Å². The maximum absolute atomic E-state index is 10.4. The van der Waals surface area contributed by atoms with E-state index in [9.17, 15) is 10.2 Å². The van der Waals surface area contributed by atoms with Crippen molar-refractivity contribution in [2.75, 3.05) is 13.2 Å². The normalized spacial score (nSPS) is 37.3. The smallest absolute Gasteiger partial charge is 0.168 e. The molecule has 1 saturated carbocycles. The van der Waals surface area contributed by atoms with Gasteiger partial charge in [-0.15, -0.1) is 0 Å². The van der Waals surface area contributed by atoms with Crippen LogP contribution >= 0.6 is 0 Å². The first-order valence-electron chi connectivity index (χ1n) is 10.4. The Hall–Kier alpha value is -0.200. The molecule has 3 aliphatic rings. The highest BCUT2D eigenvalue weighted by Gasteiger charge is 2.49. The topological polar surface area (TPSA) is 68.2 Å². The van der Waals surface area contributed by atoms with Crippen molar-refractivity contribution >= 4 is 0 Å². The Morgan fingerprint density at radius 2 is 1.72 bits per heavy atom. The molecule has 2 N–H and O–H groups in total. The van der Waals surface area contributed by atoms with Gasteiger partial charge in [0.05, 0.1) is 25.4 Å². The van der Waals surface area contributed by atoms with E-state index in [4.69, 9.17) is 14.2 Å². The first-order valence-corrected chi connectivity index (χ1v) is 10.4. The third-order valence-corrected chi connectivity index (χ3v) is 6.34. The van der Waals surface area contributed by atoms with Crippen LogP contribution in [0.15, 0.2) is 0 Å². The summed E-state index contributed by atoms with van der Waals surface area (Å²) >= 11 is 0. The molecule has 5 atom stereocenters. The van der Waals surface area contributed by atoms with Crippen molar-refractivity contribution in [1.29, 1.82) is 0 Å².